The first-order valence-corrected chi connectivity index (χ1v) is 8.51. The summed E-state index contributed by atoms with van der Waals surface area (Å²) in [6.07, 6.45) is 5.39. The molecule has 0 unspecified atom stereocenters. The Morgan fingerprint density at radius 3 is 3.00 bits per heavy atom. The second-order valence-electron chi connectivity index (χ2n) is 5.83. The fraction of sp³-hybridized carbons (Fsp3) is 0.176. The molecule has 0 spiro atoms. The van der Waals surface area contributed by atoms with Gasteiger partial charge < -0.3 is 9.72 Å². The molecule has 0 atom stereocenters. The van der Waals surface area contributed by atoms with Gasteiger partial charge in [-0.15, -0.1) is 0 Å². The minimum absolute atomic E-state index is 0.184. The molecule has 25 heavy (non-hydrogen) atoms. The Labute approximate surface area is 151 Å². The molecule has 1 N–H and O–H groups in total. The number of hydrogen-bond acceptors (Lipinski definition) is 4. The van der Waals surface area contributed by atoms with Crippen LogP contribution in [0.3, 0.4) is 0 Å². The number of fused-ring (bicyclic) bond motifs is 2. The fourth-order valence-corrected chi connectivity index (χ4v) is 3.16. The molecule has 0 bridgehead atoms. The average molecular weight is 399 g/mol. The second-order valence-corrected chi connectivity index (χ2v) is 6.75. The van der Waals surface area contributed by atoms with Crippen LogP contribution in [-0.4, -0.2) is 30.1 Å². The zero-order valence-electron chi connectivity index (χ0n) is 13.7. The lowest BCUT2D eigenvalue weighted by Gasteiger charge is -2.03. The molecule has 0 saturated carbocycles. The quantitative estimate of drug-likeness (QED) is 0.575. The van der Waals surface area contributed by atoms with E-state index >= 15 is 0 Å². The molecule has 7 nitrogen and oxygen atoms in total. The molecular formula is C17H15BrN6O. The molecule has 1 amide bonds. The minimum atomic E-state index is -0.184. The number of carbonyl (C=O) groups is 1. The molecule has 4 heterocycles. The number of nitrogens with one attached hydrogen (secondary N) is 1. The van der Waals surface area contributed by atoms with Crippen molar-refractivity contribution in [2.75, 3.05) is 0 Å². The van der Waals surface area contributed by atoms with Gasteiger partial charge in [-0.25, -0.2) is 9.97 Å². The van der Waals surface area contributed by atoms with Crippen molar-refractivity contribution in [1.82, 2.24) is 29.5 Å². The van der Waals surface area contributed by atoms with Gasteiger partial charge >= 0.3 is 0 Å². The van der Waals surface area contributed by atoms with Gasteiger partial charge in [0.1, 0.15) is 5.65 Å². The molecule has 4 aromatic heterocycles. The highest BCUT2D eigenvalue weighted by molar-refractivity contribution is 9.10. The van der Waals surface area contributed by atoms with Gasteiger partial charge in [0, 0.05) is 35.5 Å². The van der Waals surface area contributed by atoms with Crippen LogP contribution in [0.5, 0.6) is 0 Å². The van der Waals surface area contributed by atoms with Crippen molar-refractivity contribution in [3.63, 3.8) is 0 Å². The molecule has 0 aliphatic carbocycles. The lowest BCUT2D eigenvalue weighted by molar-refractivity contribution is 0.0950. The van der Waals surface area contributed by atoms with Crippen molar-refractivity contribution < 1.29 is 4.79 Å². The predicted octanol–water partition coefficient (Wildman–Crippen LogP) is 2.62. The number of hydrogen-bond donors (Lipinski definition) is 1. The Bertz CT molecular complexity index is 1110. The maximum absolute atomic E-state index is 12.4. The summed E-state index contributed by atoms with van der Waals surface area (Å²) < 4.78 is 4.60. The third-order valence-corrected chi connectivity index (χ3v) is 4.49. The third-order valence-electron chi connectivity index (χ3n) is 4.02. The topological polar surface area (TPSA) is 77.1 Å². The maximum atomic E-state index is 12.4. The van der Waals surface area contributed by atoms with Crippen LogP contribution in [0.2, 0.25) is 0 Å². The molecule has 126 valence electrons. The van der Waals surface area contributed by atoms with Gasteiger partial charge in [-0.05, 0) is 41.1 Å². The van der Waals surface area contributed by atoms with Crippen molar-refractivity contribution in [2.45, 2.75) is 13.5 Å². The minimum Gasteiger partial charge on any atom is -0.346 e. The average Bonchev–Trinajstić information content (AvgIpc) is 3.12. The van der Waals surface area contributed by atoms with Gasteiger partial charge in [0.15, 0.2) is 5.65 Å². The van der Waals surface area contributed by atoms with Crippen LogP contribution in [0.15, 0.2) is 41.3 Å². The van der Waals surface area contributed by atoms with E-state index in [1.165, 1.54) is 0 Å². The number of aryl methyl sites for hydroxylation is 2. The van der Waals surface area contributed by atoms with E-state index in [0.717, 1.165) is 32.5 Å². The first-order chi connectivity index (χ1) is 12.0. The van der Waals surface area contributed by atoms with E-state index in [4.69, 9.17) is 0 Å². The maximum Gasteiger partial charge on any atom is 0.253 e. The summed E-state index contributed by atoms with van der Waals surface area (Å²) in [5, 5.41) is 8.09. The van der Waals surface area contributed by atoms with Crippen LogP contribution in [0, 0.1) is 6.92 Å². The fourth-order valence-electron chi connectivity index (χ4n) is 2.81. The molecular weight excluding hydrogens is 384 g/mol. The van der Waals surface area contributed by atoms with E-state index in [-0.39, 0.29) is 5.91 Å². The molecule has 0 aliphatic heterocycles. The van der Waals surface area contributed by atoms with E-state index in [2.05, 4.69) is 36.3 Å². The number of aromatic nitrogens is 5. The summed E-state index contributed by atoms with van der Waals surface area (Å²) in [6.45, 7) is 2.25. The van der Waals surface area contributed by atoms with E-state index in [0.29, 0.717) is 12.1 Å². The summed E-state index contributed by atoms with van der Waals surface area (Å²) in [5.41, 5.74) is 3.75. The number of carbonyl (C=O) groups excluding carboxylic acids is 1. The van der Waals surface area contributed by atoms with Gasteiger partial charge in [0.2, 0.25) is 0 Å². The first kappa shape index (κ1) is 15.8. The van der Waals surface area contributed by atoms with Crippen LogP contribution >= 0.6 is 15.9 Å². The number of pyridine rings is 2. The van der Waals surface area contributed by atoms with Gasteiger partial charge in [-0.2, -0.15) is 5.10 Å². The smallest absolute Gasteiger partial charge is 0.253 e. The molecule has 0 aliphatic rings. The summed E-state index contributed by atoms with van der Waals surface area (Å²) >= 11 is 3.43. The highest BCUT2D eigenvalue weighted by Crippen LogP contribution is 2.17. The molecule has 8 heteroatoms. The van der Waals surface area contributed by atoms with Crippen molar-refractivity contribution >= 4 is 38.5 Å². The van der Waals surface area contributed by atoms with Crippen LogP contribution in [0.4, 0.5) is 0 Å². The zero-order chi connectivity index (χ0) is 17.6. The van der Waals surface area contributed by atoms with E-state index < -0.39 is 0 Å². The summed E-state index contributed by atoms with van der Waals surface area (Å²) in [6, 6.07) is 5.67. The normalized spacial score (nSPS) is 11.3. The Hall–Kier alpha value is -2.74. The molecule has 0 saturated heterocycles. The molecule has 0 fully saturated rings. The van der Waals surface area contributed by atoms with Gasteiger partial charge in [0.05, 0.1) is 23.5 Å². The lowest BCUT2D eigenvalue weighted by Crippen LogP contribution is -2.23. The van der Waals surface area contributed by atoms with Gasteiger partial charge in [-0.1, -0.05) is 0 Å². The van der Waals surface area contributed by atoms with E-state index in [1.807, 2.05) is 49.0 Å². The molecule has 0 radical (unpaired) electrons. The zero-order valence-corrected chi connectivity index (χ0v) is 15.3. The summed E-state index contributed by atoms with van der Waals surface area (Å²) in [7, 11) is 1.84. The summed E-state index contributed by atoms with van der Waals surface area (Å²) in [4.78, 5) is 21.3. The number of rotatable bonds is 3. The lowest BCUT2D eigenvalue weighted by atomic mass is 10.2. The standard InChI is InChI=1S/C17H15BrN6O/c1-10-14-5-11(6-19-16(14)23(2)22-10)17(25)20-7-13-9-24-8-12(18)3-4-15(24)21-13/h3-6,8-9H,7H2,1-2H3,(H,20,25). The van der Waals surface area contributed by atoms with Crippen LogP contribution < -0.4 is 5.32 Å². The Balaban J connectivity index is 1.54. The summed E-state index contributed by atoms with van der Waals surface area (Å²) in [5.74, 6) is -0.184. The highest BCUT2D eigenvalue weighted by Gasteiger charge is 2.12. The first-order valence-electron chi connectivity index (χ1n) is 7.72. The molecule has 0 aromatic carbocycles. The third kappa shape index (κ3) is 2.89. The molecule has 4 aromatic rings. The number of imidazole rings is 1. The van der Waals surface area contributed by atoms with E-state index in [9.17, 15) is 4.79 Å². The van der Waals surface area contributed by atoms with Gasteiger partial charge in [0.25, 0.3) is 5.91 Å². The Morgan fingerprint density at radius 1 is 1.32 bits per heavy atom. The van der Waals surface area contributed by atoms with Crippen molar-refractivity contribution in [3.05, 3.63) is 58.2 Å². The van der Waals surface area contributed by atoms with Crippen LogP contribution in [-0.2, 0) is 13.6 Å². The monoisotopic (exact) mass is 398 g/mol. The number of nitrogens with zero attached hydrogens (tertiary/aromatic N) is 5. The Morgan fingerprint density at radius 2 is 2.16 bits per heavy atom. The predicted molar refractivity (Wildman–Crippen MR) is 97.3 cm³/mol. The second kappa shape index (κ2) is 5.96. The highest BCUT2D eigenvalue weighted by atomic mass is 79.9. The SMILES string of the molecule is Cc1nn(C)c2ncc(C(=O)NCc3cn4cc(Br)ccc4n3)cc12. The van der Waals surface area contributed by atoms with Crippen molar-refractivity contribution in [3.8, 4) is 0 Å². The Kier molecular flexibility index (Phi) is 3.76. The largest absolute Gasteiger partial charge is 0.346 e. The van der Waals surface area contributed by atoms with E-state index in [1.54, 1.807) is 10.9 Å². The van der Waals surface area contributed by atoms with Crippen LogP contribution in [0.25, 0.3) is 16.7 Å². The van der Waals surface area contributed by atoms with Gasteiger partial charge in [-0.3, -0.25) is 9.48 Å². The molecule has 4 rings (SSSR count). The number of halogens is 1. The van der Waals surface area contributed by atoms with Crippen LogP contribution in [0.1, 0.15) is 21.7 Å². The number of amides is 1. The van der Waals surface area contributed by atoms with Crippen molar-refractivity contribution in [2.24, 2.45) is 7.05 Å². The van der Waals surface area contributed by atoms with Crippen molar-refractivity contribution in [1.29, 1.82) is 0 Å².